The molecule has 15 heavy (non-hydrogen) atoms. The summed E-state index contributed by atoms with van der Waals surface area (Å²) >= 11 is 0. The third-order valence-electron chi connectivity index (χ3n) is 1.76. The molecule has 0 rings (SSSR count). The number of hydrogen-bond acceptors (Lipinski definition) is 3. The van der Waals surface area contributed by atoms with Crippen LogP contribution in [0.4, 0.5) is 0 Å². The highest BCUT2D eigenvalue weighted by atomic mass is 16.5. The van der Waals surface area contributed by atoms with Crippen LogP contribution >= 0.6 is 0 Å². The lowest BCUT2D eigenvalue weighted by Crippen LogP contribution is -2.32. The Labute approximate surface area is 92.0 Å². The van der Waals surface area contributed by atoms with Gasteiger partial charge in [0.15, 0.2) is 0 Å². The van der Waals surface area contributed by atoms with E-state index < -0.39 is 0 Å². The van der Waals surface area contributed by atoms with Crippen LogP contribution in [0, 0.1) is 0 Å². The lowest BCUT2D eigenvalue weighted by atomic mass is 10.2. The van der Waals surface area contributed by atoms with Crippen molar-refractivity contribution < 1.29 is 14.6 Å². The molecule has 0 radical (unpaired) electrons. The Balaban J connectivity index is 3.42. The quantitative estimate of drug-likeness (QED) is 0.654. The van der Waals surface area contributed by atoms with Gasteiger partial charge in [0.2, 0.25) is 5.91 Å². The third-order valence-corrected chi connectivity index (χ3v) is 1.76. The average Bonchev–Trinajstić information content (AvgIpc) is 2.07. The van der Waals surface area contributed by atoms with Gasteiger partial charge in [-0.1, -0.05) is 0 Å². The Morgan fingerprint density at radius 1 is 1.47 bits per heavy atom. The fraction of sp³-hybridized carbons (Fsp3) is 0.909. The Hall–Kier alpha value is -0.610. The van der Waals surface area contributed by atoms with E-state index in [1.807, 2.05) is 20.8 Å². The molecule has 0 bridgehead atoms. The van der Waals surface area contributed by atoms with Gasteiger partial charge >= 0.3 is 0 Å². The molecule has 0 fully saturated rings. The van der Waals surface area contributed by atoms with E-state index in [9.17, 15) is 4.79 Å². The lowest BCUT2D eigenvalue weighted by Gasteiger charge is -2.18. The van der Waals surface area contributed by atoms with E-state index in [1.165, 1.54) is 0 Å². The van der Waals surface area contributed by atoms with Crippen molar-refractivity contribution in [2.24, 2.45) is 0 Å². The first-order chi connectivity index (χ1) is 6.81. The molecule has 0 aromatic carbocycles. The molecule has 0 saturated carbocycles. The number of rotatable bonds is 6. The maximum atomic E-state index is 11.2. The number of aliphatic hydroxyl groups excluding tert-OH is 1. The van der Waals surface area contributed by atoms with E-state index in [1.54, 1.807) is 6.92 Å². The minimum atomic E-state index is -0.298. The summed E-state index contributed by atoms with van der Waals surface area (Å²) in [7, 11) is 0. The van der Waals surface area contributed by atoms with Crippen LogP contribution in [0.3, 0.4) is 0 Å². The first-order valence-electron chi connectivity index (χ1n) is 5.40. The van der Waals surface area contributed by atoms with Gasteiger partial charge in [0.1, 0.15) is 6.61 Å². The average molecular weight is 217 g/mol. The van der Waals surface area contributed by atoms with Gasteiger partial charge < -0.3 is 15.2 Å². The van der Waals surface area contributed by atoms with Gasteiger partial charge in [-0.25, -0.2) is 0 Å². The van der Waals surface area contributed by atoms with Gasteiger partial charge in [0.25, 0.3) is 0 Å². The molecule has 0 aliphatic carbocycles. The molecule has 2 N–H and O–H groups in total. The van der Waals surface area contributed by atoms with Gasteiger partial charge in [0, 0.05) is 6.54 Å². The minimum Gasteiger partial charge on any atom is -0.393 e. The van der Waals surface area contributed by atoms with Crippen molar-refractivity contribution in [2.45, 2.75) is 52.2 Å². The van der Waals surface area contributed by atoms with E-state index in [2.05, 4.69) is 5.32 Å². The molecule has 0 aliphatic heterocycles. The Morgan fingerprint density at radius 3 is 2.53 bits per heavy atom. The van der Waals surface area contributed by atoms with Crippen molar-refractivity contribution in [2.75, 3.05) is 13.2 Å². The van der Waals surface area contributed by atoms with E-state index in [4.69, 9.17) is 9.84 Å². The monoisotopic (exact) mass is 217 g/mol. The van der Waals surface area contributed by atoms with Crippen LogP contribution < -0.4 is 5.32 Å². The van der Waals surface area contributed by atoms with Crippen molar-refractivity contribution in [3.63, 3.8) is 0 Å². The second-order valence-electron chi connectivity index (χ2n) is 4.74. The molecule has 0 spiro atoms. The van der Waals surface area contributed by atoms with Gasteiger partial charge in [-0.15, -0.1) is 0 Å². The number of hydrogen-bond donors (Lipinski definition) is 2. The molecule has 4 nitrogen and oxygen atoms in total. The highest BCUT2D eigenvalue weighted by Crippen LogP contribution is 2.05. The largest absolute Gasteiger partial charge is 0.393 e. The Bertz CT molecular complexity index is 185. The maximum absolute atomic E-state index is 11.2. The molecule has 0 aromatic rings. The molecule has 1 amide bonds. The summed E-state index contributed by atoms with van der Waals surface area (Å²) in [6, 6.07) is 0. The number of nitrogens with one attached hydrogen (secondary N) is 1. The highest BCUT2D eigenvalue weighted by molar-refractivity contribution is 5.77. The number of carbonyl (C=O) groups excluding carboxylic acids is 1. The number of carbonyl (C=O) groups is 1. The molecular weight excluding hydrogens is 194 g/mol. The first kappa shape index (κ1) is 14.4. The van der Waals surface area contributed by atoms with Crippen LogP contribution in [0.15, 0.2) is 0 Å². The smallest absolute Gasteiger partial charge is 0.246 e. The zero-order valence-electron chi connectivity index (χ0n) is 10.2. The predicted octanol–water partition coefficient (Wildman–Crippen LogP) is 1.08. The van der Waals surface area contributed by atoms with Crippen LogP contribution in [0.25, 0.3) is 0 Å². The second-order valence-corrected chi connectivity index (χ2v) is 4.74. The Kier molecular flexibility index (Phi) is 6.52. The number of aliphatic hydroxyl groups is 1. The van der Waals surface area contributed by atoms with Crippen molar-refractivity contribution in [1.82, 2.24) is 5.32 Å². The zero-order chi connectivity index (χ0) is 11.9. The van der Waals surface area contributed by atoms with Crippen molar-refractivity contribution in [1.29, 1.82) is 0 Å². The van der Waals surface area contributed by atoms with Crippen molar-refractivity contribution in [3.05, 3.63) is 0 Å². The van der Waals surface area contributed by atoms with E-state index in [-0.39, 0.29) is 24.2 Å². The molecule has 1 unspecified atom stereocenters. The van der Waals surface area contributed by atoms with Gasteiger partial charge in [-0.3, -0.25) is 4.79 Å². The predicted molar refractivity (Wildman–Crippen MR) is 59.6 cm³/mol. The normalized spacial score (nSPS) is 13.7. The summed E-state index contributed by atoms with van der Waals surface area (Å²) in [6.07, 6.45) is 1.20. The lowest BCUT2D eigenvalue weighted by molar-refractivity contribution is -0.130. The topological polar surface area (TPSA) is 58.6 Å². The minimum absolute atomic E-state index is 0.0954. The summed E-state index contributed by atoms with van der Waals surface area (Å²) in [5.41, 5.74) is -0.281. The fourth-order valence-corrected chi connectivity index (χ4v) is 0.958. The van der Waals surface area contributed by atoms with E-state index in [0.717, 1.165) is 6.42 Å². The molecule has 1 atom stereocenters. The van der Waals surface area contributed by atoms with Crippen LogP contribution in [-0.2, 0) is 9.53 Å². The van der Waals surface area contributed by atoms with Crippen LogP contribution in [0.5, 0.6) is 0 Å². The first-order valence-corrected chi connectivity index (χ1v) is 5.40. The Morgan fingerprint density at radius 2 is 2.07 bits per heavy atom. The van der Waals surface area contributed by atoms with E-state index >= 15 is 0 Å². The summed E-state index contributed by atoms with van der Waals surface area (Å²) < 4.78 is 5.31. The third kappa shape index (κ3) is 11.3. The second kappa shape index (κ2) is 6.80. The van der Waals surface area contributed by atoms with Crippen molar-refractivity contribution in [3.8, 4) is 0 Å². The fourth-order valence-electron chi connectivity index (χ4n) is 0.958. The van der Waals surface area contributed by atoms with Gasteiger partial charge in [-0.2, -0.15) is 0 Å². The standard InChI is InChI=1S/C11H23NO3/c1-9(13)6-5-7-12-10(14)8-15-11(2,3)4/h9,13H,5-8H2,1-4H3,(H,12,14). The van der Waals surface area contributed by atoms with Gasteiger partial charge in [-0.05, 0) is 40.5 Å². The number of amides is 1. The number of ether oxygens (including phenoxy) is 1. The molecule has 4 heteroatoms. The zero-order valence-corrected chi connectivity index (χ0v) is 10.2. The summed E-state index contributed by atoms with van der Waals surface area (Å²) in [4.78, 5) is 11.2. The SMILES string of the molecule is CC(O)CCCNC(=O)COC(C)(C)C. The maximum Gasteiger partial charge on any atom is 0.246 e. The van der Waals surface area contributed by atoms with Crippen LogP contribution in [0.2, 0.25) is 0 Å². The molecule has 0 aliphatic rings. The molecule has 0 saturated heterocycles. The summed E-state index contributed by atoms with van der Waals surface area (Å²) in [5.74, 6) is -0.101. The summed E-state index contributed by atoms with van der Waals surface area (Å²) in [6.45, 7) is 8.16. The highest BCUT2D eigenvalue weighted by Gasteiger charge is 2.12. The van der Waals surface area contributed by atoms with Gasteiger partial charge in [0.05, 0.1) is 11.7 Å². The summed E-state index contributed by atoms with van der Waals surface area (Å²) in [5, 5.41) is 11.7. The van der Waals surface area contributed by atoms with Crippen LogP contribution in [-0.4, -0.2) is 35.9 Å². The van der Waals surface area contributed by atoms with E-state index in [0.29, 0.717) is 13.0 Å². The molecular formula is C11H23NO3. The molecule has 0 aromatic heterocycles. The molecule has 0 heterocycles. The molecule has 90 valence electrons. The van der Waals surface area contributed by atoms with Crippen molar-refractivity contribution >= 4 is 5.91 Å². The van der Waals surface area contributed by atoms with Crippen LogP contribution in [0.1, 0.15) is 40.5 Å².